The van der Waals surface area contributed by atoms with Crippen LogP contribution in [0.4, 0.5) is 0 Å². The van der Waals surface area contributed by atoms with E-state index in [1.54, 1.807) is 11.3 Å². The van der Waals surface area contributed by atoms with Crippen LogP contribution in [0, 0.1) is 13.8 Å². The van der Waals surface area contributed by atoms with E-state index >= 15 is 0 Å². The van der Waals surface area contributed by atoms with Crippen LogP contribution in [-0.2, 0) is 4.74 Å². The molecule has 1 unspecified atom stereocenters. The van der Waals surface area contributed by atoms with Crippen LogP contribution in [0.25, 0.3) is 0 Å². The molecule has 1 aliphatic heterocycles. The Bertz CT molecular complexity index is 679. The van der Waals surface area contributed by atoms with Gasteiger partial charge in [0.2, 0.25) is 0 Å². The minimum atomic E-state index is -0.00656. The third kappa shape index (κ3) is 4.04. The van der Waals surface area contributed by atoms with Crippen molar-refractivity contribution in [2.45, 2.75) is 19.9 Å². The number of nitrogens with zero attached hydrogens (tertiary/aromatic N) is 1. The first kappa shape index (κ1) is 17.1. The number of carbonyl (C=O) groups is 1. The van der Waals surface area contributed by atoms with E-state index in [4.69, 9.17) is 4.74 Å². The van der Waals surface area contributed by atoms with Crippen molar-refractivity contribution < 1.29 is 9.53 Å². The van der Waals surface area contributed by atoms with Crippen molar-refractivity contribution in [3.63, 3.8) is 0 Å². The van der Waals surface area contributed by atoms with Crippen LogP contribution in [-0.4, -0.2) is 43.7 Å². The molecule has 1 fully saturated rings. The molecule has 0 radical (unpaired) electrons. The van der Waals surface area contributed by atoms with Crippen molar-refractivity contribution in [2.24, 2.45) is 0 Å². The lowest BCUT2D eigenvalue weighted by Gasteiger charge is -2.34. The summed E-state index contributed by atoms with van der Waals surface area (Å²) in [7, 11) is 0. The lowest BCUT2D eigenvalue weighted by molar-refractivity contribution is 0.0169. The Kier molecular flexibility index (Phi) is 5.66. The number of hydrogen-bond acceptors (Lipinski definition) is 4. The Morgan fingerprint density at radius 3 is 2.71 bits per heavy atom. The van der Waals surface area contributed by atoms with Gasteiger partial charge in [0.05, 0.1) is 19.3 Å². The van der Waals surface area contributed by atoms with Gasteiger partial charge >= 0.3 is 0 Å². The van der Waals surface area contributed by atoms with Crippen LogP contribution in [0.2, 0.25) is 0 Å². The third-order valence-electron chi connectivity index (χ3n) is 4.58. The molecule has 0 spiro atoms. The highest BCUT2D eigenvalue weighted by Crippen LogP contribution is 2.25. The van der Waals surface area contributed by atoms with Crippen LogP contribution in [0.3, 0.4) is 0 Å². The lowest BCUT2D eigenvalue weighted by Crippen LogP contribution is -2.43. The first-order valence-corrected chi connectivity index (χ1v) is 9.24. The SMILES string of the molecule is Cc1ccc(C(=O)NCC(c2cccs2)N2CCOCC2)cc1C. The van der Waals surface area contributed by atoms with Crippen LogP contribution in [0.5, 0.6) is 0 Å². The van der Waals surface area contributed by atoms with E-state index in [9.17, 15) is 4.79 Å². The van der Waals surface area contributed by atoms with Crippen molar-refractivity contribution in [1.82, 2.24) is 10.2 Å². The molecule has 4 nitrogen and oxygen atoms in total. The first-order chi connectivity index (χ1) is 11.6. The predicted octanol–water partition coefficient (Wildman–Crippen LogP) is 3.17. The topological polar surface area (TPSA) is 41.6 Å². The molecule has 24 heavy (non-hydrogen) atoms. The average Bonchev–Trinajstić information content (AvgIpc) is 3.12. The molecule has 3 rings (SSSR count). The fourth-order valence-corrected chi connectivity index (χ4v) is 3.81. The van der Waals surface area contributed by atoms with Gasteiger partial charge in [-0.2, -0.15) is 0 Å². The summed E-state index contributed by atoms with van der Waals surface area (Å²) in [6, 6.07) is 10.3. The minimum absolute atomic E-state index is 0.00656. The van der Waals surface area contributed by atoms with Crippen LogP contribution < -0.4 is 5.32 Å². The number of hydrogen-bond donors (Lipinski definition) is 1. The number of rotatable bonds is 5. The van der Waals surface area contributed by atoms with Crippen LogP contribution >= 0.6 is 11.3 Å². The molecular formula is C19H24N2O2S. The normalized spacial score (nSPS) is 16.8. The number of ether oxygens (including phenoxy) is 1. The number of carbonyl (C=O) groups excluding carboxylic acids is 1. The summed E-state index contributed by atoms with van der Waals surface area (Å²) < 4.78 is 5.46. The quantitative estimate of drug-likeness (QED) is 0.906. The van der Waals surface area contributed by atoms with Crippen LogP contribution in [0.1, 0.15) is 32.4 Å². The smallest absolute Gasteiger partial charge is 0.251 e. The zero-order valence-corrected chi connectivity index (χ0v) is 15.1. The first-order valence-electron chi connectivity index (χ1n) is 8.36. The molecule has 0 saturated carbocycles. The summed E-state index contributed by atoms with van der Waals surface area (Å²) in [6.07, 6.45) is 0. The number of benzene rings is 1. The largest absolute Gasteiger partial charge is 0.379 e. The van der Waals surface area contributed by atoms with E-state index in [-0.39, 0.29) is 11.9 Å². The number of morpholine rings is 1. The molecule has 0 aliphatic carbocycles. The molecule has 1 N–H and O–H groups in total. The summed E-state index contributed by atoms with van der Waals surface area (Å²) in [5, 5.41) is 5.21. The summed E-state index contributed by atoms with van der Waals surface area (Å²) in [5.74, 6) is -0.00656. The number of thiophene rings is 1. The molecule has 2 aromatic rings. The van der Waals surface area contributed by atoms with E-state index in [1.807, 2.05) is 25.1 Å². The summed E-state index contributed by atoms with van der Waals surface area (Å²) in [6.45, 7) is 8.03. The Balaban J connectivity index is 1.68. The maximum Gasteiger partial charge on any atom is 0.251 e. The Hall–Kier alpha value is -1.69. The van der Waals surface area contributed by atoms with Crippen molar-refractivity contribution in [3.05, 3.63) is 57.3 Å². The van der Waals surface area contributed by atoms with E-state index < -0.39 is 0 Å². The fourth-order valence-electron chi connectivity index (χ4n) is 2.95. The van der Waals surface area contributed by atoms with Crippen LogP contribution in [0.15, 0.2) is 35.7 Å². The second kappa shape index (κ2) is 7.92. The highest BCUT2D eigenvalue weighted by molar-refractivity contribution is 7.10. The zero-order valence-electron chi connectivity index (χ0n) is 14.2. The lowest BCUT2D eigenvalue weighted by atomic mass is 10.1. The predicted molar refractivity (Wildman–Crippen MR) is 97.7 cm³/mol. The van der Waals surface area contributed by atoms with Crippen molar-refractivity contribution in [2.75, 3.05) is 32.8 Å². The monoisotopic (exact) mass is 344 g/mol. The molecular weight excluding hydrogens is 320 g/mol. The van der Waals surface area contributed by atoms with Gasteiger partial charge in [-0.3, -0.25) is 9.69 Å². The van der Waals surface area contributed by atoms with E-state index in [2.05, 4.69) is 34.7 Å². The van der Waals surface area contributed by atoms with Gasteiger partial charge in [0, 0.05) is 30.1 Å². The Morgan fingerprint density at radius 2 is 2.04 bits per heavy atom. The molecule has 1 atom stereocenters. The maximum absolute atomic E-state index is 12.5. The van der Waals surface area contributed by atoms with Gasteiger partial charge in [-0.15, -0.1) is 11.3 Å². The summed E-state index contributed by atoms with van der Waals surface area (Å²) in [4.78, 5) is 16.2. The second-order valence-corrected chi connectivity index (χ2v) is 7.17. The number of amides is 1. The minimum Gasteiger partial charge on any atom is -0.379 e. The van der Waals surface area contributed by atoms with Crippen molar-refractivity contribution >= 4 is 17.2 Å². The third-order valence-corrected chi connectivity index (χ3v) is 5.56. The van der Waals surface area contributed by atoms with Crippen molar-refractivity contribution in [3.8, 4) is 0 Å². The molecule has 1 aromatic heterocycles. The highest BCUT2D eigenvalue weighted by atomic mass is 32.1. The summed E-state index contributed by atoms with van der Waals surface area (Å²) >= 11 is 1.74. The zero-order chi connectivity index (χ0) is 16.9. The second-order valence-electron chi connectivity index (χ2n) is 6.19. The molecule has 1 aliphatic rings. The average molecular weight is 344 g/mol. The molecule has 128 valence electrons. The molecule has 1 amide bonds. The molecule has 5 heteroatoms. The van der Waals surface area contributed by atoms with Crippen molar-refractivity contribution in [1.29, 1.82) is 0 Å². The van der Waals surface area contributed by atoms with Gasteiger partial charge in [0.15, 0.2) is 0 Å². The van der Waals surface area contributed by atoms with Gasteiger partial charge in [-0.05, 0) is 48.6 Å². The van der Waals surface area contributed by atoms with Gasteiger partial charge in [-0.1, -0.05) is 12.1 Å². The maximum atomic E-state index is 12.5. The number of aryl methyl sites for hydroxylation is 2. The van der Waals surface area contributed by atoms with Gasteiger partial charge < -0.3 is 10.1 Å². The molecule has 2 heterocycles. The number of nitrogens with one attached hydrogen (secondary N) is 1. The Morgan fingerprint density at radius 1 is 1.25 bits per heavy atom. The fraction of sp³-hybridized carbons (Fsp3) is 0.421. The molecule has 1 saturated heterocycles. The molecule has 1 aromatic carbocycles. The Labute approximate surface area is 147 Å². The highest BCUT2D eigenvalue weighted by Gasteiger charge is 2.24. The van der Waals surface area contributed by atoms with Gasteiger partial charge in [0.1, 0.15) is 0 Å². The van der Waals surface area contributed by atoms with Gasteiger partial charge in [0.25, 0.3) is 5.91 Å². The standard InChI is InChI=1S/C19H24N2O2S/c1-14-5-6-16(12-15(14)2)19(22)20-13-17(18-4-3-11-24-18)21-7-9-23-10-8-21/h3-6,11-12,17H,7-10,13H2,1-2H3,(H,20,22). The molecule has 0 bridgehead atoms. The van der Waals surface area contributed by atoms with E-state index in [0.29, 0.717) is 6.54 Å². The van der Waals surface area contributed by atoms with E-state index in [1.165, 1.54) is 10.4 Å². The van der Waals surface area contributed by atoms with Gasteiger partial charge in [-0.25, -0.2) is 0 Å². The van der Waals surface area contributed by atoms with E-state index in [0.717, 1.165) is 37.4 Å². The summed E-state index contributed by atoms with van der Waals surface area (Å²) in [5.41, 5.74) is 3.08.